The van der Waals surface area contributed by atoms with Gasteiger partial charge in [-0.1, -0.05) is 12.1 Å². The molecule has 0 spiro atoms. The summed E-state index contributed by atoms with van der Waals surface area (Å²) in [6.07, 6.45) is -0.628. The smallest absolute Gasteiger partial charge is 0.321 e. The van der Waals surface area contributed by atoms with Gasteiger partial charge in [0, 0.05) is 23.3 Å². The molecule has 0 saturated heterocycles. The average Bonchev–Trinajstić information content (AvgIpc) is 3.50. The molecule has 2 aliphatic carbocycles. The molecule has 0 atom stereocenters. The predicted octanol–water partition coefficient (Wildman–Crippen LogP) is 6.16. The third kappa shape index (κ3) is 4.16. The second-order valence-corrected chi connectivity index (χ2v) is 12.0. The van der Waals surface area contributed by atoms with Crippen molar-refractivity contribution in [3.05, 3.63) is 48.2 Å². The second kappa shape index (κ2) is 8.26. The van der Waals surface area contributed by atoms with E-state index in [-0.39, 0.29) is 18.9 Å². The van der Waals surface area contributed by atoms with Gasteiger partial charge in [-0.25, -0.2) is 13.4 Å². The number of halogens is 3. The highest BCUT2D eigenvalue weighted by atomic mass is 32.2. The minimum atomic E-state index is -4.21. The first-order chi connectivity index (χ1) is 16.5. The number of pyridine rings is 1. The summed E-state index contributed by atoms with van der Waals surface area (Å²) in [5.74, 6) is -1.31. The summed E-state index contributed by atoms with van der Waals surface area (Å²) in [5, 5.41) is 10.7. The van der Waals surface area contributed by atoms with E-state index in [1.165, 1.54) is 0 Å². The van der Waals surface area contributed by atoms with Crippen LogP contribution in [-0.2, 0) is 10.0 Å². The Morgan fingerprint density at radius 2 is 1.77 bits per heavy atom. The van der Waals surface area contributed by atoms with Crippen LogP contribution in [0.3, 0.4) is 0 Å². The van der Waals surface area contributed by atoms with E-state index in [1.54, 1.807) is 49.5 Å². The number of rotatable bonds is 5. The molecule has 35 heavy (non-hydrogen) atoms. The fourth-order valence-electron chi connectivity index (χ4n) is 4.97. The van der Waals surface area contributed by atoms with Crippen molar-refractivity contribution in [1.82, 2.24) is 9.55 Å². The summed E-state index contributed by atoms with van der Waals surface area (Å²) >= 11 is 0. The van der Waals surface area contributed by atoms with Gasteiger partial charge in [-0.2, -0.15) is 18.4 Å². The molecule has 2 saturated carbocycles. The third-order valence-corrected chi connectivity index (χ3v) is 9.62. The maximum absolute atomic E-state index is 13.2. The lowest BCUT2D eigenvalue weighted by Gasteiger charge is -2.32. The molecule has 0 bridgehead atoms. The van der Waals surface area contributed by atoms with Crippen LogP contribution in [0.5, 0.6) is 0 Å². The van der Waals surface area contributed by atoms with Gasteiger partial charge in [-0.05, 0) is 75.3 Å². The summed E-state index contributed by atoms with van der Waals surface area (Å²) in [5.41, 5.74) is 2.68. The van der Waals surface area contributed by atoms with Gasteiger partial charge in [0.15, 0.2) is 0 Å². The standard InChI is InChI=1S/C25H25F3N4O2S/c1-24(12-13-24)35(33,34)31-18-8-4-16(5-9-18)22-21(15-29)20-3-2-14-30-23(20)32(22)19-10-6-17(7-11-19)25(26,27)28/h2-5,8-9,14,17,19,31H,6-7,10-13H2,1H3. The number of benzene rings is 1. The number of nitriles is 1. The van der Waals surface area contributed by atoms with Gasteiger partial charge in [-0.15, -0.1) is 0 Å². The Balaban J connectivity index is 1.53. The van der Waals surface area contributed by atoms with Crippen molar-refractivity contribution in [1.29, 1.82) is 5.26 Å². The molecule has 0 aliphatic heterocycles. The van der Waals surface area contributed by atoms with Crippen molar-refractivity contribution in [2.75, 3.05) is 4.72 Å². The molecule has 2 fully saturated rings. The lowest BCUT2D eigenvalue weighted by molar-refractivity contribution is -0.183. The van der Waals surface area contributed by atoms with E-state index >= 15 is 0 Å². The Hall–Kier alpha value is -3.06. The summed E-state index contributed by atoms with van der Waals surface area (Å²) in [6.45, 7) is 1.71. The number of alkyl halides is 3. The predicted molar refractivity (Wildman–Crippen MR) is 127 cm³/mol. The Morgan fingerprint density at radius 3 is 2.34 bits per heavy atom. The van der Waals surface area contributed by atoms with Crippen LogP contribution in [0.2, 0.25) is 0 Å². The fourth-order valence-corrected chi connectivity index (χ4v) is 6.30. The molecule has 0 amide bonds. The highest BCUT2D eigenvalue weighted by Gasteiger charge is 2.50. The minimum absolute atomic E-state index is 0.0293. The zero-order valence-corrected chi connectivity index (χ0v) is 20.0. The van der Waals surface area contributed by atoms with E-state index in [1.807, 2.05) is 4.57 Å². The monoisotopic (exact) mass is 502 g/mol. The van der Waals surface area contributed by atoms with Crippen molar-refractivity contribution < 1.29 is 21.6 Å². The van der Waals surface area contributed by atoms with Crippen LogP contribution in [0.15, 0.2) is 42.6 Å². The lowest BCUT2D eigenvalue weighted by Crippen LogP contribution is -2.29. The Morgan fingerprint density at radius 1 is 1.11 bits per heavy atom. The van der Waals surface area contributed by atoms with Crippen LogP contribution >= 0.6 is 0 Å². The SMILES string of the molecule is CC1(S(=O)(=O)Nc2ccc(-c3c(C#N)c4cccnc4n3C3CCC(C(F)(F)F)CC3)cc2)CC1. The van der Waals surface area contributed by atoms with Crippen LogP contribution in [0.25, 0.3) is 22.3 Å². The Bertz CT molecular complexity index is 1410. The summed E-state index contributed by atoms with van der Waals surface area (Å²) in [7, 11) is -3.50. The topological polar surface area (TPSA) is 87.8 Å². The number of hydrogen-bond acceptors (Lipinski definition) is 4. The van der Waals surface area contributed by atoms with E-state index < -0.39 is 26.9 Å². The first-order valence-electron chi connectivity index (χ1n) is 11.6. The normalized spacial score (nSPS) is 22.0. The van der Waals surface area contributed by atoms with Gasteiger partial charge in [0.2, 0.25) is 10.0 Å². The molecule has 1 N–H and O–H groups in total. The lowest BCUT2D eigenvalue weighted by atomic mass is 9.85. The molecule has 2 aliphatic rings. The van der Waals surface area contributed by atoms with Crippen molar-refractivity contribution in [2.45, 2.75) is 62.4 Å². The summed E-state index contributed by atoms with van der Waals surface area (Å²) in [4.78, 5) is 4.48. The van der Waals surface area contributed by atoms with E-state index in [4.69, 9.17) is 0 Å². The molecular formula is C25H25F3N4O2S. The first kappa shape index (κ1) is 23.7. The van der Waals surface area contributed by atoms with Gasteiger partial charge < -0.3 is 4.57 Å². The van der Waals surface area contributed by atoms with Crippen molar-refractivity contribution in [3.63, 3.8) is 0 Å². The average molecular weight is 503 g/mol. The van der Waals surface area contributed by atoms with Crippen LogP contribution in [0, 0.1) is 17.2 Å². The van der Waals surface area contributed by atoms with E-state index in [2.05, 4.69) is 15.8 Å². The number of anilines is 1. The summed E-state index contributed by atoms with van der Waals surface area (Å²) < 4.78 is 68.7. The fraction of sp³-hybridized carbons (Fsp3) is 0.440. The zero-order valence-electron chi connectivity index (χ0n) is 19.1. The van der Waals surface area contributed by atoms with E-state index in [0.717, 1.165) is 0 Å². The van der Waals surface area contributed by atoms with Gasteiger partial charge in [0.05, 0.1) is 21.9 Å². The number of hydrogen-bond donors (Lipinski definition) is 1. The number of aromatic nitrogens is 2. The van der Waals surface area contributed by atoms with Crippen LogP contribution in [-0.4, -0.2) is 28.9 Å². The van der Waals surface area contributed by atoms with Gasteiger partial charge in [0.25, 0.3) is 0 Å². The second-order valence-electron chi connectivity index (χ2n) is 9.76. The Labute approximate surface area is 201 Å². The minimum Gasteiger partial charge on any atom is -0.321 e. The number of sulfonamides is 1. The molecule has 6 nitrogen and oxygen atoms in total. The van der Waals surface area contributed by atoms with E-state index in [9.17, 15) is 26.9 Å². The van der Waals surface area contributed by atoms with Gasteiger partial charge >= 0.3 is 6.18 Å². The van der Waals surface area contributed by atoms with Gasteiger partial charge in [0.1, 0.15) is 11.7 Å². The molecule has 0 unspecified atom stereocenters. The largest absolute Gasteiger partial charge is 0.391 e. The zero-order chi connectivity index (χ0) is 25.0. The van der Waals surface area contributed by atoms with E-state index in [0.29, 0.717) is 59.2 Å². The third-order valence-electron chi connectivity index (χ3n) is 7.41. The van der Waals surface area contributed by atoms with Crippen molar-refractivity contribution in [3.8, 4) is 17.3 Å². The number of nitrogens with zero attached hydrogens (tertiary/aromatic N) is 3. The molecule has 5 rings (SSSR count). The van der Waals surface area contributed by atoms with Crippen LogP contribution < -0.4 is 4.72 Å². The summed E-state index contributed by atoms with van der Waals surface area (Å²) in [6, 6.07) is 12.3. The molecule has 0 radical (unpaired) electrons. The molecule has 3 aromatic rings. The molecule has 2 heterocycles. The van der Waals surface area contributed by atoms with Gasteiger partial charge in [-0.3, -0.25) is 4.72 Å². The molecule has 10 heteroatoms. The highest BCUT2D eigenvalue weighted by molar-refractivity contribution is 7.94. The molecule has 1 aromatic carbocycles. The van der Waals surface area contributed by atoms with Crippen molar-refractivity contribution >= 4 is 26.7 Å². The first-order valence-corrected chi connectivity index (χ1v) is 13.1. The molecular weight excluding hydrogens is 477 g/mol. The Kier molecular flexibility index (Phi) is 5.59. The number of nitrogens with one attached hydrogen (secondary N) is 1. The van der Waals surface area contributed by atoms with Crippen LogP contribution in [0.4, 0.5) is 18.9 Å². The maximum atomic E-state index is 13.2. The molecule has 2 aromatic heterocycles. The molecule has 184 valence electrons. The highest BCUT2D eigenvalue weighted by Crippen LogP contribution is 2.46. The van der Waals surface area contributed by atoms with Crippen LogP contribution in [0.1, 0.15) is 57.1 Å². The van der Waals surface area contributed by atoms with Crippen molar-refractivity contribution in [2.24, 2.45) is 5.92 Å². The quantitative estimate of drug-likeness (QED) is 0.452. The maximum Gasteiger partial charge on any atom is 0.391 e. The number of fused-ring (bicyclic) bond motifs is 1.